The second-order valence-corrected chi connectivity index (χ2v) is 6.13. The molecule has 2 aliphatic heterocycles. The van der Waals surface area contributed by atoms with E-state index >= 15 is 0 Å². The van der Waals surface area contributed by atoms with E-state index in [4.69, 9.17) is 10.5 Å². The molecular formula is C17H21N3O. The first kappa shape index (κ1) is 13.2. The second kappa shape index (κ2) is 5.37. The van der Waals surface area contributed by atoms with Gasteiger partial charge in [0.05, 0.1) is 18.8 Å². The zero-order valence-corrected chi connectivity index (χ0v) is 12.1. The van der Waals surface area contributed by atoms with E-state index in [0.717, 1.165) is 24.1 Å². The first-order chi connectivity index (χ1) is 10.3. The Morgan fingerprint density at radius 2 is 2.29 bits per heavy atom. The molecule has 0 bridgehead atoms. The monoisotopic (exact) mass is 283 g/mol. The van der Waals surface area contributed by atoms with Crippen molar-refractivity contribution in [2.24, 2.45) is 5.73 Å². The Kier molecular flexibility index (Phi) is 3.37. The van der Waals surface area contributed by atoms with E-state index in [1.807, 2.05) is 18.5 Å². The molecule has 21 heavy (non-hydrogen) atoms. The third-order valence-electron chi connectivity index (χ3n) is 4.89. The summed E-state index contributed by atoms with van der Waals surface area (Å²) >= 11 is 0. The minimum Gasteiger partial charge on any atom is -0.373 e. The van der Waals surface area contributed by atoms with E-state index in [1.165, 1.54) is 24.8 Å². The van der Waals surface area contributed by atoms with Crippen molar-refractivity contribution in [3.05, 3.63) is 42.2 Å². The number of nitrogens with zero attached hydrogens (tertiary/aromatic N) is 2. The molecule has 1 aromatic carbocycles. The van der Waals surface area contributed by atoms with Gasteiger partial charge >= 0.3 is 0 Å². The molecule has 2 saturated heterocycles. The third-order valence-corrected chi connectivity index (χ3v) is 4.89. The van der Waals surface area contributed by atoms with Gasteiger partial charge in [0, 0.05) is 30.4 Å². The van der Waals surface area contributed by atoms with Crippen molar-refractivity contribution in [2.75, 3.05) is 19.7 Å². The normalized spacial score (nSPS) is 27.7. The van der Waals surface area contributed by atoms with Gasteiger partial charge in [0.2, 0.25) is 0 Å². The van der Waals surface area contributed by atoms with Crippen molar-refractivity contribution >= 4 is 10.8 Å². The Hall–Kier alpha value is -1.49. The predicted octanol–water partition coefficient (Wildman–Crippen LogP) is 2.10. The summed E-state index contributed by atoms with van der Waals surface area (Å²) in [6.07, 6.45) is 6.36. The Labute approximate surface area is 124 Å². The second-order valence-electron chi connectivity index (χ2n) is 6.13. The van der Waals surface area contributed by atoms with Crippen LogP contribution in [0.5, 0.6) is 0 Å². The number of rotatable bonds is 2. The van der Waals surface area contributed by atoms with Gasteiger partial charge in [-0.1, -0.05) is 18.2 Å². The lowest BCUT2D eigenvalue weighted by Gasteiger charge is -2.38. The van der Waals surface area contributed by atoms with Crippen LogP contribution in [0, 0.1) is 0 Å². The lowest BCUT2D eigenvalue weighted by Crippen LogP contribution is -2.49. The molecule has 2 aromatic rings. The quantitative estimate of drug-likeness (QED) is 0.917. The highest BCUT2D eigenvalue weighted by atomic mass is 16.5. The molecule has 2 N–H and O–H groups in total. The Balaban J connectivity index is 1.62. The molecular weight excluding hydrogens is 262 g/mol. The van der Waals surface area contributed by atoms with E-state index in [9.17, 15) is 0 Å². The fourth-order valence-electron chi connectivity index (χ4n) is 3.70. The molecule has 3 heterocycles. The molecule has 0 radical (unpaired) electrons. The summed E-state index contributed by atoms with van der Waals surface area (Å²) in [5, 5.41) is 2.33. The summed E-state index contributed by atoms with van der Waals surface area (Å²) in [6, 6.07) is 8.83. The first-order valence-electron chi connectivity index (χ1n) is 7.77. The van der Waals surface area contributed by atoms with Gasteiger partial charge in [0.25, 0.3) is 0 Å². The summed E-state index contributed by atoms with van der Waals surface area (Å²) in [5.74, 6) is 0. The molecule has 1 aromatic heterocycles. The van der Waals surface area contributed by atoms with Crippen molar-refractivity contribution in [2.45, 2.75) is 31.0 Å². The predicted molar refractivity (Wildman–Crippen MR) is 83.0 cm³/mol. The van der Waals surface area contributed by atoms with Gasteiger partial charge in [-0.2, -0.15) is 0 Å². The molecule has 0 amide bonds. The highest BCUT2D eigenvalue weighted by Crippen LogP contribution is 2.30. The maximum atomic E-state index is 6.55. The molecule has 4 nitrogen and oxygen atoms in total. The Morgan fingerprint density at radius 1 is 1.33 bits per heavy atom. The number of morpholine rings is 1. The van der Waals surface area contributed by atoms with Crippen LogP contribution in [0.3, 0.4) is 0 Å². The van der Waals surface area contributed by atoms with Crippen molar-refractivity contribution in [1.82, 2.24) is 9.88 Å². The minimum atomic E-state index is -0.0855. The average molecular weight is 283 g/mol. The fourth-order valence-corrected chi connectivity index (χ4v) is 3.70. The van der Waals surface area contributed by atoms with Crippen LogP contribution in [-0.2, 0) is 4.74 Å². The molecule has 0 saturated carbocycles. The van der Waals surface area contributed by atoms with E-state index in [2.05, 4.69) is 28.1 Å². The number of hydrogen-bond donors (Lipinski definition) is 1. The summed E-state index contributed by atoms with van der Waals surface area (Å²) < 4.78 is 6.07. The summed E-state index contributed by atoms with van der Waals surface area (Å²) in [7, 11) is 0. The van der Waals surface area contributed by atoms with Crippen molar-refractivity contribution in [3.63, 3.8) is 0 Å². The van der Waals surface area contributed by atoms with Crippen LogP contribution in [0.25, 0.3) is 10.8 Å². The van der Waals surface area contributed by atoms with Crippen molar-refractivity contribution in [3.8, 4) is 0 Å². The molecule has 2 aliphatic rings. The Morgan fingerprint density at radius 3 is 3.24 bits per heavy atom. The van der Waals surface area contributed by atoms with Gasteiger partial charge in [-0.25, -0.2) is 0 Å². The highest BCUT2D eigenvalue weighted by molar-refractivity contribution is 5.85. The molecule has 4 rings (SSSR count). The lowest BCUT2D eigenvalue weighted by atomic mass is 9.95. The van der Waals surface area contributed by atoms with Crippen LogP contribution in [0.1, 0.15) is 24.4 Å². The van der Waals surface area contributed by atoms with Gasteiger partial charge in [0.15, 0.2) is 0 Å². The lowest BCUT2D eigenvalue weighted by molar-refractivity contribution is -0.0595. The molecule has 2 fully saturated rings. The number of benzene rings is 1. The van der Waals surface area contributed by atoms with E-state index in [1.54, 1.807) is 0 Å². The third kappa shape index (κ3) is 2.33. The highest BCUT2D eigenvalue weighted by Gasteiger charge is 2.35. The van der Waals surface area contributed by atoms with E-state index in [0.29, 0.717) is 6.04 Å². The maximum absolute atomic E-state index is 6.55. The number of ether oxygens (including phenoxy) is 1. The van der Waals surface area contributed by atoms with Gasteiger partial charge in [-0.15, -0.1) is 0 Å². The molecule has 4 heteroatoms. The van der Waals surface area contributed by atoms with Crippen LogP contribution in [0.15, 0.2) is 36.7 Å². The SMILES string of the molecule is NC(c1cccc2cnccc12)C1CN2CCCC2CO1. The van der Waals surface area contributed by atoms with Gasteiger partial charge < -0.3 is 10.5 Å². The number of aromatic nitrogens is 1. The van der Waals surface area contributed by atoms with Gasteiger partial charge in [0.1, 0.15) is 0 Å². The largest absolute Gasteiger partial charge is 0.373 e. The summed E-state index contributed by atoms with van der Waals surface area (Å²) in [5.41, 5.74) is 7.71. The number of pyridine rings is 1. The van der Waals surface area contributed by atoms with Crippen molar-refractivity contribution in [1.29, 1.82) is 0 Å². The summed E-state index contributed by atoms with van der Waals surface area (Å²) in [4.78, 5) is 6.73. The summed E-state index contributed by atoms with van der Waals surface area (Å²) in [6.45, 7) is 2.97. The maximum Gasteiger partial charge on any atom is 0.0895 e. The zero-order chi connectivity index (χ0) is 14.2. The van der Waals surface area contributed by atoms with Gasteiger partial charge in [-0.3, -0.25) is 9.88 Å². The van der Waals surface area contributed by atoms with Crippen LogP contribution < -0.4 is 5.73 Å². The van der Waals surface area contributed by atoms with E-state index < -0.39 is 0 Å². The number of nitrogens with two attached hydrogens (primary N) is 1. The van der Waals surface area contributed by atoms with Crippen LogP contribution >= 0.6 is 0 Å². The molecule has 3 atom stereocenters. The van der Waals surface area contributed by atoms with E-state index in [-0.39, 0.29) is 12.1 Å². The topological polar surface area (TPSA) is 51.4 Å². The standard InChI is InChI=1S/C17H21N3O/c18-17(16-10-20-8-2-4-13(20)11-21-16)15-5-1-3-12-9-19-7-6-14(12)15/h1,3,5-7,9,13,16-17H,2,4,8,10-11,18H2. The van der Waals surface area contributed by atoms with Crippen LogP contribution in [0.4, 0.5) is 0 Å². The molecule has 0 aliphatic carbocycles. The number of hydrogen-bond acceptors (Lipinski definition) is 4. The first-order valence-corrected chi connectivity index (χ1v) is 7.77. The fraction of sp³-hybridized carbons (Fsp3) is 0.471. The van der Waals surface area contributed by atoms with Crippen molar-refractivity contribution < 1.29 is 4.74 Å². The minimum absolute atomic E-state index is 0.0816. The number of fused-ring (bicyclic) bond motifs is 2. The molecule has 3 unspecified atom stereocenters. The van der Waals surface area contributed by atoms with Crippen LogP contribution in [0.2, 0.25) is 0 Å². The Bertz CT molecular complexity index is 639. The smallest absolute Gasteiger partial charge is 0.0895 e. The van der Waals surface area contributed by atoms with Gasteiger partial charge in [-0.05, 0) is 36.4 Å². The molecule has 0 spiro atoms. The molecule has 110 valence electrons. The van der Waals surface area contributed by atoms with Crippen LogP contribution in [-0.4, -0.2) is 41.7 Å². The average Bonchev–Trinajstić information content (AvgIpc) is 3.01. The zero-order valence-electron chi connectivity index (χ0n) is 12.1.